The predicted molar refractivity (Wildman–Crippen MR) is 186 cm³/mol. The Morgan fingerprint density at radius 3 is 1.67 bits per heavy atom. The van der Waals surface area contributed by atoms with Gasteiger partial charge >= 0.3 is 6.09 Å². The van der Waals surface area contributed by atoms with Crippen LogP contribution < -0.4 is 10.6 Å². The Balaban J connectivity index is 3.59. The number of ether oxygens (including phenoxy) is 8. The summed E-state index contributed by atoms with van der Waals surface area (Å²) in [5.74, 6) is -0.126. The number of aliphatic hydroxyl groups is 2. The molecule has 0 aromatic rings. The second kappa shape index (κ2) is 30.9. The zero-order chi connectivity index (χ0) is 36.9. The quantitative estimate of drug-likeness (QED) is 0.0443. The number of hydrogen-bond donors (Lipinski definition) is 4. The summed E-state index contributed by atoms with van der Waals surface area (Å²) in [4.78, 5) is 24.0. The van der Waals surface area contributed by atoms with Crippen molar-refractivity contribution in [1.29, 1.82) is 0 Å². The monoisotopic (exact) mass is 708 g/mol. The summed E-state index contributed by atoms with van der Waals surface area (Å²) in [5, 5.41) is 24.8. The van der Waals surface area contributed by atoms with Crippen LogP contribution in [0.1, 0.15) is 87.0 Å². The molecule has 0 saturated heterocycles. The number of carbonyl (C=O) groups is 2. The van der Waals surface area contributed by atoms with Crippen molar-refractivity contribution >= 4 is 12.0 Å². The van der Waals surface area contributed by atoms with Crippen LogP contribution in [0.25, 0.3) is 0 Å². The van der Waals surface area contributed by atoms with Crippen molar-refractivity contribution in [3.8, 4) is 0 Å². The van der Waals surface area contributed by atoms with Crippen molar-refractivity contribution in [3.63, 3.8) is 0 Å². The number of unbranched alkanes of at least 4 members (excludes halogenated alkanes) is 3. The summed E-state index contributed by atoms with van der Waals surface area (Å²) in [6, 6.07) is 0. The molecule has 0 spiro atoms. The van der Waals surface area contributed by atoms with Crippen LogP contribution in [0.15, 0.2) is 12.2 Å². The summed E-state index contributed by atoms with van der Waals surface area (Å²) in [7, 11) is 0. The van der Waals surface area contributed by atoms with Gasteiger partial charge in [-0.1, -0.05) is 33.3 Å². The van der Waals surface area contributed by atoms with Crippen LogP contribution in [0.4, 0.5) is 4.79 Å². The van der Waals surface area contributed by atoms with Crippen LogP contribution in [0.3, 0.4) is 0 Å². The third-order valence-electron chi connectivity index (χ3n) is 6.86. The third kappa shape index (κ3) is 30.7. The Morgan fingerprint density at radius 1 is 0.612 bits per heavy atom. The molecule has 14 nitrogen and oxygen atoms in total. The first-order chi connectivity index (χ1) is 23.3. The lowest BCUT2D eigenvalue weighted by Gasteiger charge is -2.19. The zero-order valence-electron chi connectivity index (χ0n) is 31.2. The molecule has 6 atom stereocenters. The largest absolute Gasteiger partial charge is 0.444 e. The fourth-order valence-electron chi connectivity index (χ4n) is 3.88. The molecule has 2 amide bonds. The predicted octanol–water partition coefficient (Wildman–Crippen LogP) is 3.71. The SMILES string of the molecule is C=C(C)C(O)OCC(C)OCCCOCC(C)OCC(=O)NCCCCCCNC(=O)OC(C)COCCCOC(C)COC(O)C(C)C. The molecular formula is C35H68N2O12. The van der Waals surface area contributed by atoms with Crippen LogP contribution in [0, 0.1) is 5.92 Å². The van der Waals surface area contributed by atoms with Crippen LogP contribution in [0.5, 0.6) is 0 Å². The molecule has 0 aromatic carbocycles. The maximum atomic E-state index is 12.0. The van der Waals surface area contributed by atoms with Gasteiger partial charge in [0.05, 0.1) is 44.7 Å². The zero-order valence-corrected chi connectivity index (χ0v) is 31.2. The molecule has 49 heavy (non-hydrogen) atoms. The van der Waals surface area contributed by atoms with Gasteiger partial charge in [-0.3, -0.25) is 4.79 Å². The van der Waals surface area contributed by atoms with Gasteiger partial charge in [0.15, 0.2) is 12.6 Å². The van der Waals surface area contributed by atoms with Gasteiger partial charge in [0, 0.05) is 45.4 Å². The average molecular weight is 709 g/mol. The normalized spacial score (nSPS) is 15.3. The van der Waals surface area contributed by atoms with E-state index >= 15 is 0 Å². The molecular weight excluding hydrogens is 640 g/mol. The molecule has 0 aliphatic heterocycles. The van der Waals surface area contributed by atoms with E-state index in [9.17, 15) is 19.8 Å². The fourth-order valence-corrected chi connectivity index (χ4v) is 3.88. The Kier molecular flexibility index (Phi) is 29.7. The van der Waals surface area contributed by atoms with Crippen molar-refractivity contribution in [2.75, 3.05) is 72.6 Å². The lowest BCUT2D eigenvalue weighted by Crippen LogP contribution is -2.31. The van der Waals surface area contributed by atoms with Crippen LogP contribution >= 0.6 is 0 Å². The summed E-state index contributed by atoms with van der Waals surface area (Å²) >= 11 is 0. The van der Waals surface area contributed by atoms with E-state index in [0.29, 0.717) is 77.8 Å². The number of aliphatic hydroxyl groups excluding tert-OH is 2. The van der Waals surface area contributed by atoms with E-state index in [-0.39, 0.29) is 49.5 Å². The van der Waals surface area contributed by atoms with Gasteiger partial charge < -0.3 is 58.7 Å². The van der Waals surface area contributed by atoms with Crippen molar-refractivity contribution < 1.29 is 57.7 Å². The van der Waals surface area contributed by atoms with E-state index in [0.717, 1.165) is 25.7 Å². The van der Waals surface area contributed by atoms with Gasteiger partial charge in [0.2, 0.25) is 5.91 Å². The first kappa shape index (κ1) is 47.1. The van der Waals surface area contributed by atoms with E-state index in [4.69, 9.17) is 37.9 Å². The molecule has 0 rings (SSSR count). The lowest BCUT2D eigenvalue weighted by atomic mass is 10.2. The van der Waals surface area contributed by atoms with Gasteiger partial charge in [0.1, 0.15) is 12.7 Å². The second-order valence-electron chi connectivity index (χ2n) is 12.7. The van der Waals surface area contributed by atoms with Gasteiger partial charge in [-0.2, -0.15) is 0 Å². The molecule has 14 heteroatoms. The molecule has 6 unspecified atom stereocenters. The summed E-state index contributed by atoms with van der Waals surface area (Å²) in [6.45, 7) is 20.9. The van der Waals surface area contributed by atoms with Crippen molar-refractivity contribution in [3.05, 3.63) is 12.2 Å². The number of alkyl carbamates (subject to hydrolysis) is 1. The number of hydrogen-bond acceptors (Lipinski definition) is 12. The summed E-state index contributed by atoms with van der Waals surface area (Å²) in [5.41, 5.74) is 0.551. The maximum absolute atomic E-state index is 12.0. The summed E-state index contributed by atoms with van der Waals surface area (Å²) in [6.07, 6.45) is 1.81. The van der Waals surface area contributed by atoms with Crippen molar-refractivity contribution in [2.24, 2.45) is 5.92 Å². The highest BCUT2D eigenvalue weighted by molar-refractivity contribution is 5.77. The Hall–Kier alpha value is -1.88. The van der Waals surface area contributed by atoms with E-state index in [2.05, 4.69) is 17.2 Å². The minimum absolute atomic E-state index is 0.0225. The van der Waals surface area contributed by atoms with Crippen molar-refractivity contribution in [1.82, 2.24) is 10.6 Å². The fraction of sp³-hybridized carbons (Fsp3) is 0.886. The third-order valence-corrected chi connectivity index (χ3v) is 6.86. The highest BCUT2D eigenvalue weighted by Crippen LogP contribution is 2.06. The first-order valence-corrected chi connectivity index (χ1v) is 17.8. The van der Waals surface area contributed by atoms with E-state index in [1.54, 1.807) is 13.8 Å². The van der Waals surface area contributed by atoms with Crippen LogP contribution in [-0.4, -0.2) is 132 Å². The number of amides is 2. The molecule has 0 fully saturated rings. The van der Waals surface area contributed by atoms with Gasteiger partial charge in [-0.25, -0.2) is 4.79 Å². The molecule has 290 valence electrons. The molecule has 0 aliphatic rings. The topological polar surface area (TPSA) is 172 Å². The molecule has 0 aromatic heterocycles. The smallest absolute Gasteiger partial charge is 0.407 e. The minimum atomic E-state index is -0.975. The van der Waals surface area contributed by atoms with Gasteiger partial charge in [-0.15, -0.1) is 0 Å². The minimum Gasteiger partial charge on any atom is -0.444 e. The molecule has 0 heterocycles. The first-order valence-electron chi connectivity index (χ1n) is 17.8. The Labute approximate surface area is 294 Å². The number of rotatable bonds is 33. The Bertz CT molecular complexity index is 834. The van der Waals surface area contributed by atoms with Gasteiger partial charge in [0.25, 0.3) is 0 Å². The van der Waals surface area contributed by atoms with E-state index < -0.39 is 18.7 Å². The number of nitrogens with one attached hydrogen (secondary N) is 2. The number of carbonyl (C=O) groups excluding carboxylic acids is 2. The maximum Gasteiger partial charge on any atom is 0.407 e. The summed E-state index contributed by atoms with van der Waals surface area (Å²) < 4.78 is 43.9. The second-order valence-corrected chi connectivity index (χ2v) is 12.7. The average Bonchev–Trinajstić information content (AvgIpc) is 3.05. The molecule has 0 saturated carbocycles. The van der Waals surface area contributed by atoms with E-state index in [1.807, 2.05) is 34.6 Å². The molecule has 0 bridgehead atoms. The molecule has 0 radical (unpaired) electrons. The molecule has 4 N–H and O–H groups in total. The van der Waals surface area contributed by atoms with Crippen LogP contribution in [0.2, 0.25) is 0 Å². The highest BCUT2D eigenvalue weighted by atomic mass is 16.6. The standard InChI is InChI=1S/C35H68N2O12/c1-26(2)33(39)47-23-29(6)44-19-13-17-42-21-28(5)46-25-32(38)36-15-11-9-10-12-16-37-35(41)49-31(8)22-43-18-14-20-45-30(7)24-48-34(40)27(3)4/h27-31,33-34,39-40H,1,9-25H2,2-8H3,(H,36,38)(H,37,41). The molecule has 0 aliphatic carbocycles. The Morgan fingerprint density at radius 2 is 1.12 bits per heavy atom. The van der Waals surface area contributed by atoms with Crippen molar-refractivity contribution in [2.45, 2.75) is 124 Å². The van der Waals surface area contributed by atoms with Gasteiger partial charge in [-0.05, 0) is 65.9 Å². The highest BCUT2D eigenvalue weighted by Gasteiger charge is 2.13. The van der Waals surface area contributed by atoms with Crippen LogP contribution in [-0.2, 0) is 42.7 Å². The van der Waals surface area contributed by atoms with E-state index in [1.165, 1.54) is 0 Å². The lowest BCUT2D eigenvalue weighted by molar-refractivity contribution is -0.149.